The number of para-hydroxylation sites is 1. The molecular weight excluding hydrogens is 282 g/mol. The topological polar surface area (TPSA) is 88.0 Å². The van der Waals surface area contributed by atoms with Crippen LogP contribution in [0.1, 0.15) is 12.5 Å². The third-order valence-electron chi connectivity index (χ3n) is 3.23. The first kappa shape index (κ1) is 13.9. The molecule has 22 heavy (non-hydrogen) atoms. The first-order valence-corrected chi connectivity index (χ1v) is 6.80. The minimum absolute atomic E-state index is 0.236. The number of aryl methyl sites for hydroxylation is 1. The van der Waals surface area contributed by atoms with Gasteiger partial charge in [0, 0.05) is 6.20 Å². The van der Waals surface area contributed by atoms with Crippen LogP contribution in [0, 0.1) is 0 Å². The monoisotopic (exact) mass is 295 g/mol. The van der Waals surface area contributed by atoms with Crippen molar-refractivity contribution < 1.29 is 9.52 Å². The summed E-state index contributed by atoms with van der Waals surface area (Å²) >= 11 is 0. The van der Waals surface area contributed by atoms with E-state index in [2.05, 4.69) is 15.2 Å². The average Bonchev–Trinajstić information content (AvgIpc) is 2.55. The number of aromatic nitrogens is 1. The third-order valence-corrected chi connectivity index (χ3v) is 3.23. The van der Waals surface area contributed by atoms with Gasteiger partial charge in [-0.1, -0.05) is 25.1 Å². The summed E-state index contributed by atoms with van der Waals surface area (Å²) in [5.74, 6) is 0.102. The van der Waals surface area contributed by atoms with Gasteiger partial charge in [-0.05, 0) is 30.2 Å². The highest BCUT2D eigenvalue weighted by Crippen LogP contribution is 2.31. The van der Waals surface area contributed by atoms with E-state index < -0.39 is 5.63 Å². The number of pyridine rings is 1. The van der Waals surface area contributed by atoms with Gasteiger partial charge in [-0.25, -0.2) is 9.78 Å². The fraction of sp³-hybridized carbons (Fsp3) is 0.125. The second-order valence-electron chi connectivity index (χ2n) is 4.66. The van der Waals surface area contributed by atoms with Gasteiger partial charge in [-0.2, -0.15) is 0 Å². The molecule has 2 aromatic heterocycles. The summed E-state index contributed by atoms with van der Waals surface area (Å²) < 4.78 is 5.11. The molecule has 0 aliphatic rings. The van der Waals surface area contributed by atoms with E-state index in [0.717, 1.165) is 12.0 Å². The maximum absolute atomic E-state index is 11.9. The standard InChI is InChI=1S/C16H13N3O3/c1-2-10-7-8-13(17-9-10)18-19-14-15(20)11-5-3-4-6-12(11)22-16(14)21/h3-9,20H,2H2,1H3. The van der Waals surface area contributed by atoms with E-state index in [1.807, 2.05) is 13.0 Å². The fourth-order valence-electron chi connectivity index (χ4n) is 2.00. The Kier molecular flexibility index (Phi) is 3.65. The lowest BCUT2D eigenvalue weighted by atomic mass is 10.2. The van der Waals surface area contributed by atoms with Crippen LogP contribution in [0.3, 0.4) is 0 Å². The Morgan fingerprint density at radius 3 is 2.73 bits per heavy atom. The number of hydrogen-bond donors (Lipinski definition) is 1. The predicted molar refractivity (Wildman–Crippen MR) is 81.9 cm³/mol. The van der Waals surface area contributed by atoms with Crippen molar-refractivity contribution in [2.45, 2.75) is 13.3 Å². The van der Waals surface area contributed by atoms with Crippen molar-refractivity contribution in [2.24, 2.45) is 10.2 Å². The van der Waals surface area contributed by atoms with E-state index in [-0.39, 0.29) is 11.4 Å². The van der Waals surface area contributed by atoms with Crippen LogP contribution in [0.5, 0.6) is 5.75 Å². The van der Waals surface area contributed by atoms with E-state index >= 15 is 0 Å². The summed E-state index contributed by atoms with van der Waals surface area (Å²) in [7, 11) is 0. The Labute approximate surface area is 125 Å². The van der Waals surface area contributed by atoms with Gasteiger partial charge in [0.15, 0.2) is 11.6 Å². The predicted octanol–water partition coefficient (Wildman–Crippen LogP) is 3.87. The number of azo groups is 1. The number of nitrogens with zero attached hydrogens (tertiary/aromatic N) is 3. The average molecular weight is 295 g/mol. The lowest BCUT2D eigenvalue weighted by molar-refractivity contribution is 0.469. The molecule has 0 saturated heterocycles. The van der Waals surface area contributed by atoms with Crippen LogP contribution >= 0.6 is 0 Å². The second-order valence-corrected chi connectivity index (χ2v) is 4.66. The van der Waals surface area contributed by atoms with E-state index in [1.54, 1.807) is 36.5 Å². The van der Waals surface area contributed by atoms with Crippen LogP contribution in [-0.2, 0) is 6.42 Å². The molecule has 0 bridgehead atoms. The maximum atomic E-state index is 11.9. The van der Waals surface area contributed by atoms with E-state index in [1.165, 1.54) is 0 Å². The molecule has 6 heteroatoms. The first-order valence-electron chi connectivity index (χ1n) is 6.80. The molecule has 0 amide bonds. The van der Waals surface area contributed by atoms with Crippen molar-refractivity contribution in [2.75, 3.05) is 0 Å². The number of aromatic hydroxyl groups is 1. The van der Waals surface area contributed by atoms with Crippen molar-refractivity contribution in [3.05, 3.63) is 58.6 Å². The van der Waals surface area contributed by atoms with Crippen molar-refractivity contribution in [1.29, 1.82) is 0 Å². The highest BCUT2D eigenvalue weighted by Gasteiger charge is 2.13. The first-order chi connectivity index (χ1) is 10.7. The quantitative estimate of drug-likeness (QED) is 0.586. The molecular formula is C16H13N3O3. The van der Waals surface area contributed by atoms with Crippen molar-refractivity contribution >= 4 is 22.5 Å². The lowest BCUT2D eigenvalue weighted by Crippen LogP contribution is -1.98. The summed E-state index contributed by atoms with van der Waals surface area (Å²) in [6.07, 6.45) is 2.57. The highest BCUT2D eigenvalue weighted by molar-refractivity contribution is 5.87. The minimum Gasteiger partial charge on any atom is -0.505 e. The molecule has 0 saturated carbocycles. The normalized spacial score (nSPS) is 11.3. The van der Waals surface area contributed by atoms with Gasteiger partial charge < -0.3 is 9.52 Å². The highest BCUT2D eigenvalue weighted by atomic mass is 16.4. The van der Waals surface area contributed by atoms with Crippen LogP contribution in [0.2, 0.25) is 0 Å². The lowest BCUT2D eigenvalue weighted by Gasteiger charge is -2.01. The molecule has 1 aromatic carbocycles. The van der Waals surface area contributed by atoms with E-state index in [9.17, 15) is 9.90 Å². The molecule has 110 valence electrons. The zero-order valence-electron chi connectivity index (χ0n) is 11.9. The molecule has 6 nitrogen and oxygen atoms in total. The Morgan fingerprint density at radius 2 is 2.00 bits per heavy atom. The molecule has 0 aliphatic heterocycles. The zero-order chi connectivity index (χ0) is 15.5. The SMILES string of the molecule is CCc1ccc(N=Nc2c(O)c3ccccc3oc2=O)nc1. The van der Waals surface area contributed by atoms with E-state index in [4.69, 9.17) is 4.42 Å². The van der Waals surface area contributed by atoms with Gasteiger partial charge in [0.2, 0.25) is 5.69 Å². The number of benzene rings is 1. The van der Waals surface area contributed by atoms with Crippen LogP contribution in [0.15, 0.2) is 62.0 Å². The summed E-state index contributed by atoms with van der Waals surface area (Å²) in [4.78, 5) is 16.0. The number of fused-ring (bicyclic) bond motifs is 1. The molecule has 2 heterocycles. The smallest absolute Gasteiger partial charge is 0.368 e. The molecule has 0 radical (unpaired) electrons. The van der Waals surface area contributed by atoms with Crippen LogP contribution in [0.4, 0.5) is 11.5 Å². The minimum atomic E-state index is -0.745. The van der Waals surface area contributed by atoms with Crippen molar-refractivity contribution in [3.63, 3.8) is 0 Å². The summed E-state index contributed by atoms with van der Waals surface area (Å²) in [5, 5.41) is 18.2. The van der Waals surface area contributed by atoms with Gasteiger partial charge >= 0.3 is 5.63 Å². The van der Waals surface area contributed by atoms with Gasteiger partial charge in [0.05, 0.1) is 5.39 Å². The third kappa shape index (κ3) is 2.58. The molecule has 0 fully saturated rings. The summed E-state index contributed by atoms with van der Waals surface area (Å²) in [6, 6.07) is 10.3. The van der Waals surface area contributed by atoms with Crippen LogP contribution < -0.4 is 5.63 Å². The zero-order valence-corrected chi connectivity index (χ0v) is 11.9. The van der Waals surface area contributed by atoms with Gasteiger partial charge in [-0.3, -0.25) is 0 Å². The van der Waals surface area contributed by atoms with Crippen LogP contribution in [0.25, 0.3) is 11.0 Å². The number of hydrogen-bond acceptors (Lipinski definition) is 6. The van der Waals surface area contributed by atoms with Crippen molar-refractivity contribution in [1.82, 2.24) is 4.98 Å². The molecule has 3 rings (SSSR count). The molecule has 0 unspecified atom stereocenters. The number of rotatable bonds is 3. The molecule has 1 N–H and O–H groups in total. The van der Waals surface area contributed by atoms with Gasteiger partial charge in [-0.15, -0.1) is 10.2 Å². The van der Waals surface area contributed by atoms with Crippen LogP contribution in [-0.4, -0.2) is 10.1 Å². The Balaban J connectivity index is 2.02. The largest absolute Gasteiger partial charge is 0.505 e. The van der Waals surface area contributed by atoms with Gasteiger partial charge in [0.1, 0.15) is 5.58 Å². The Hall–Kier alpha value is -3.02. The Morgan fingerprint density at radius 1 is 1.18 bits per heavy atom. The van der Waals surface area contributed by atoms with Gasteiger partial charge in [0.25, 0.3) is 0 Å². The fourth-order valence-corrected chi connectivity index (χ4v) is 2.00. The molecule has 0 spiro atoms. The maximum Gasteiger partial charge on any atom is 0.368 e. The summed E-state index contributed by atoms with van der Waals surface area (Å²) in [5.41, 5.74) is 0.395. The summed E-state index contributed by atoms with van der Waals surface area (Å²) in [6.45, 7) is 2.02. The van der Waals surface area contributed by atoms with E-state index in [0.29, 0.717) is 16.8 Å². The Bertz CT molecular complexity index is 899. The molecule has 0 aliphatic carbocycles. The molecule has 0 atom stereocenters. The second kappa shape index (κ2) is 5.77. The van der Waals surface area contributed by atoms with Crippen molar-refractivity contribution in [3.8, 4) is 5.75 Å². The molecule has 3 aromatic rings.